The Morgan fingerprint density at radius 3 is 2.85 bits per heavy atom. The van der Waals surface area contributed by atoms with Crippen LogP contribution in [0, 0.1) is 0 Å². The number of nitrogens with zero attached hydrogens (tertiary/aromatic N) is 9. The van der Waals surface area contributed by atoms with Gasteiger partial charge in [0.2, 0.25) is 11.6 Å². The Bertz CT molecular complexity index is 1360. The van der Waals surface area contributed by atoms with E-state index in [0.717, 1.165) is 0 Å². The number of phenols is 1. The van der Waals surface area contributed by atoms with Crippen LogP contribution >= 0.6 is 11.8 Å². The van der Waals surface area contributed by atoms with Crippen LogP contribution in [0.15, 0.2) is 39.4 Å². The molecule has 0 radical (unpaired) electrons. The van der Waals surface area contributed by atoms with Crippen molar-refractivity contribution in [2.45, 2.75) is 17.8 Å². The molecule has 0 spiro atoms. The van der Waals surface area contributed by atoms with Crippen molar-refractivity contribution < 1.29 is 19.3 Å². The lowest BCUT2D eigenvalue weighted by Gasteiger charge is -2.07. The molecule has 1 amide bonds. The first kappa shape index (κ1) is 22.7. The Morgan fingerprint density at radius 1 is 1.35 bits per heavy atom. The normalized spacial score (nSPS) is 11.6. The number of nitrogens with one attached hydrogen (secondary N) is 1. The summed E-state index contributed by atoms with van der Waals surface area (Å²) in [5, 5.41) is 37.6. The van der Waals surface area contributed by atoms with Crippen LogP contribution < -0.4 is 15.9 Å². The first-order valence-electron chi connectivity index (χ1n) is 9.60. The second-order valence-corrected chi connectivity index (χ2v) is 7.75. The molecule has 0 aliphatic heterocycles. The zero-order valence-corrected chi connectivity index (χ0v) is 19.0. The highest BCUT2D eigenvalue weighted by atomic mass is 32.2. The lowest BCUT2D eigenvalue weighted by atomic mass is 10.1. The summed E-state index contributed by atoms with van der Waals surface area (Å²) in [6.07, 6.45) is 1.56. The number of aromatic nitrogens is 8. The van der Waals surface area contributed by atoms with E-state index in [9.17, 15) is 9.90 Å². The van der Waals surface area contributed by atoms with Crippen LogP contribution in [0.3, 0.4) is 0 Å². The Morgan fingerprint density at radius 2 is 2.18 bits per heavy atom. The number of hydrogen-bond donors (Lipinski definition) is 3. The molecule has 1 aromatic carbocycles. The zero-order valence-electron chi connectivity index (χ0n) is 18.2. The minimum absolute atomic E-state index is 0.00287. The molecule has 34 heavy (non-hydrogen) atoms. The molecule has 4 aromatic rings. The number of aromatic hydroxyl groups is 1. The first-order chi connectivity index (χ1) is 16.4. The van der Waals surface area contributed by atoms with E-state index in [0.29, 0.717) is 22.1 Å². The highest BCUT2D eigenvalue weighted by Gasteiger charge is 2.24. The quantitative estimate of drug-likeness (QED) is 0.178. The van der Waals surface area contributed by atoms with Crippen molar-refractivity contribution in [2.24, 2.45) is 12.1 Å². The second-order valence-electron chi connectivity index (χ2n) is 6.81. The van der Waals surface area contributed by atoms with Crippen molar-refractivity contribution in [1.29, 1.82) is 0 Å². The molecule has 4 N–H and O–H groups in total. The number of carbonyl (C=O) groups excluding carboxylic acids is 1. The molecule has 0 saturated carbocycles. The van der Waals surface area contributed by atoms with Gasteiger partial charge in [0.25, 0.3) is 5.91 Å². The molecule has 3 aromatic heterocycles. The van der Waals surface area contributed by atoms with Gasteiger partial charge in [-0.25, -0.2) is 10.1 Å². The van der Waals surface area contributed by atoms with Crippen molar-refractivity contribution in [1.82, 2.24) is 45.5 Å². The number of carbonyl (C=O) groups is 1. The van der Waals surface area contributed by atoms with Crippen molar-refractivity contribution in [2.75, 3.05) is 12.8 Å². The van der Waals surface area contributed by atoms with Crippen molar-refractivity contribution in [3.8, 4) is 17.3 Å². The lowest BCUT2D eigenvalue weighted by molar-refractivity contribution is 0.0949. The Balaban J connectivity index is 1.60. The minimum Gasteiger partial charge on any atom is -0.504 e. The lowest BCUT2D eigenvalue weighted by Crippen LogP contribution is -2.21. The van der Waals surface area contributed by atoms with E-state index in [4.69, 9.17) is 10.5 Å². The number of amides is 1. The van der Waals surface area contributed by atoms with Gasteiger partial charge in [0, 0.05) is 18.4 Å². The van der Waals surface area contributed by atoms with E-state index in [1.165, 1.54) is 29.6 Å². The summed E-state index contributed by atoms with van der Waals surface area (Å²) in [4.78, 5) is 12.9. The summed E-state index contributed by atoms with van der Waals surface area (Å²) in [7, 11) is 3.23. The fourth-order valence-corrected chi connectivity index (χ4v) is 3.69. The number of anilines is 1. The molecule has 0 bridgehead atoms. The number of rotatable bonds is 8. The molecule has 0 aliphatic carbocycles. The first-order valence-corrected chi connectivity index (χ1v) is 10.6. The molecular weight excluding hydrogens is 466 g/mol. The fraction of sp³-hybridized carbons (Fsp3) is 0.222. The summed E-state index contributed by atoms with van der Waals surface area (Å²) in [5.74, 6) is -0.0330. The van der Waals surface area contributed by atoms with Crippen molar-refractivity contribution >= 4 is 29.2 Å². The van der Waals surface area contributed by atoms with Crippen molar-refractivity contribution in [3.63, 3.8) is 0 Å². The van der Waals surface area contributed by atoms with Crippen molar-refractivity contribution in [3.05, 3.63) is 41.5 Å². The van der Waals surface area contributed by atoms with Gasteiger partial charge < -0.3 is 20.1 Å². The van der Waals surface area contributed by atoms with Gasteiger partial charge in [-0.15, -0.1) is 15.3 Å². The third kappa shape index (κ3) is 4.51. The molecule has 0 fully saturated rings. The molecule has 0 saturated heterocycles. The van der Waals surface area contributed by atoms with Crippen LogP contribution in [0.25, 0.3) is 5.82 Å². The molecule has 0 aliphatic rings. The number of hydrogen-bond acceptors (Lipinski definition) is 13. The Hall–Kier alpha value is -4.47. The van der Waals surface area contributed by atoms with Crippen LogP contribution in [0.2, 0.25) is 0 Å². The maximum Gasteiger partial charge on any atom is 0.293 e. The van der Waals surface area contributed by atoms with Gasteiger partial charge in [-0.1, -0.05) is 17.0 Å². The van der Waals surface area contributed by atoms with Crippen LogP contribution in [0.5, 0.6) is 11.5 Å². The van der Waals surface area contributed by atoms with Crippen LogP contribution in [0.4, 0.5) is 5.82 Å². The van der Waals surface area contributed by atoms with E-state index >= 15 is 0 Å². The monoisotopic (exact) mass is 485 g/mol. The number of thioether (sulfide) groups is 1. The molecule has 15 nitrogen and oxygen atoms in total. The van der Waals surface area contributed by atoms with E-state index in [1.54, 1.807) is 37.0 Å². The number of ether oxygens (including phenoxy) is 1. The van der Waals surface area contributed by atoms with Crippen LogP contribution in [-0.4, -0.2) is 63.9 Å². The predicted molar refractivity (Wildman–Crippen MR) is 119 cm³/mol. The van der Waals surface area contributed by atoms with Gasteiger partial charge in [0.15, 0.2) is 22.3 Å². The molecule has 176 valence electrons. The Labute approximate surface area is 195 Å². The fourth-order valence-electron chi connectivity index (χ4n) is 2.81. The minimum atomic E-state index is -0.611. The van der Waals surface area contributed by atoms with Gasteiger partial charge in [-0.3, -0.25) is 4.79 Å². The molecule has 0 unspecified atom stereocenters. The highest BCUT2D eigenvalue weighted by Crippen LogP contribution is 2.27. The van der Waals surface area contributed by atoms with Gasteiger partial charge in [0.1, 0.15) is 6.33 Å². The SMILES string of the molecule is COc1cc(C(C)=NNC(=O)c2nnn(-c3nonc3N)c2CSc2nncn2C)ccc1O. The zero-order chi connectivity index (χ0) is 24.2. The second kappa shape index (κ2) is 9.57. The highest BCUT2D eigenvalue weighted by molar-refractivity contribution is 7.98. The smallest absolute Gasteiger partial charge is 0.293 e. The number of nitrogens with two attached hydrogens (primary N) is 1. The number of methoxy groups -OCH3 is 1. The third-order valence-electron chi connectivity index (χ3n) is 4.60. The van der Waals surface area contributed by atoms with Gasteiger partial charge in [0.05, 0.1) is 18.5 Å². The maximum atomic E-state index is 12.9. The summed E-state index contributed by atoms with van der Waals surface area (Å²) in [5.41, 5.74) is 9.74. The predicted octanol–water partition coefficient (Wildman–Crippen LogP) is 0.521. The molecule has 3 heterocycles. The number of benzene rings is 1. The average molecular weight is 485 g/mol. The van der Waals surface area contributed by atoms with E-state index in [1.807, 2.05) is 0 Å². The number of phenolic OH excluding ortho intramolecular Hbond substituents is 1. The number of nitrogen functional groups attached to an aromatic ring is 1. The molecular formula is C18H19N11O4S. The third-order valence-corrected chi connectivity index (χ3v) is 5.65. The number of hydrazone groups is 1. The van der Waals surface area contributed by atoms with Crippen LogP contribution in [-0.2, 0) is 12.8 Å². The molecule has 16 heteroatoms. The van der Waals surface area contributed by atoms with E-state index in [2.05, 4.69) is 46.0 Å². The topological polar surface area (TPSA) is 197 Å². The van der Waals surface area contributed by atoms with Gasteiger partial charge >= 0.3 is 0 Å². The van der Waals surface area contributed by atoms with E-state index < -0.39 is 5.91 Å². The molecule has 0 atom stereocenters. The summed E-state index contributed by atoms with van der Waals surface area (Å²) < 4.78 is 12.8. The largest absolute Gasteiger partial charge is 0.504 e. The Kier molecular flexibility index (Phi) is 6.39. The maximum absolute atomic E-state index is 12.9. The van der Waals surface area contributed by atoms with E-state index in [-0.39, 0.29) is 34.6 Å². The average Bonchev–Trinajstić information content (AvgIpc) is 3.55. The summed E-state index contributed by atoms with van der Waals surface area (Å²) in [6.45, 7) is 1.69. The molecule has 4 rings (SSSR count). The number of aryl methyl sites for hydroxylation is 1. The summed E-state index contributed by atoms with van der Waals surface area (Å²) >= 11 is 1.30. The summed E-state index contributed by atoms with van der Waals surface area (Å²) in [6, 6.07) is 4.71. The van der Waals surface area contributed by atoms with Gasteiger partial charge in [-0.05, 0) is 35.4 Å². The van der Waals surface area contributed by atoms with Gasteiger partial charge in [-0.2, -0.15) is 9.78 Å². The van der Waals surface area contributed by atoms with Crippen LogP contribution in [0.1, 0.15) is 28.7 Å². The standard InChI is InChI=1S/C18H19N11O4S/c1-9(10-4-5-12(30)13(6-10)32-3)21-23-17(31)14-11(7-34-18-24-20-8-28(18)2)29(27-22-14)16-15(19)25-33-26-16/h4-6,8,30H,7H2,1-3H3,(H2,19,25)(H,23,31).